The molecule has 1 aromatic heterocycles. The maximum atomic E-state index is 6.62. The molecule has 1 unspecified atom stereocenters. The Labute approximate surface area is 129 Å². The second-order valence-electron chi connectivity index (χ2n) is 6.96. The van der Waals surface area contributed by atoms with Crippen molar-refractivity contribution in [1.29, 1.82) is 0 Å². The van der Waals surface area contributed by atoms with Gasteiger partial charge in [-0.1, -0.05) is 12.8 Å². The van der Waals surface area contributed by atoms with Crippen molar-refractivity contribution in [2.45, 2.75) is 77.9 Å². The summed E-state index contributed by atoms with van der Waals surface area (Å²) < 4.78 is 2.09. The van der Waals surface area contributed by atoms with Crippen molar-refractivity contribution in [2.24, 2.45) is 5.73 Å². The number of aromatic nitrogens is 2. The predicted octanol–water partition coefficient (Wildman–Crippen LogP) is 2.74. The van der Waals surface area contributed by atoms with Crippen molar-refractivity contribution in [2.75, 3.05) is 13.1 Å². The zero-order chi connectivity index (χ0) is 15.5. The highest BCUT2D eigenvalue weighted by Gasteiger charge is 2.33. The van der Waals surface area contributed by atoms with E-state index >= 15 is 0 Å². The molecule has 0 bridgehead atoms. The molecule has 1 aromatic rings. The van der Waals surface area contributed by atoms with Gasteiger partial charge in [-0.3, -0.25) is 9.58 Å². The van der Waals surface area contributed by atoms with Crippen LogP contribution in [0.25, 0.3) is 0 Å². The van der Waals surface area contributed by atoms with E-state index in [9.17, 15) is 0 Å². The van der Waals surface area contributed by atoms with Crippen LogP contribution in [0.15, 0.2) is 6.07 Å². The van der Waals surface area contributed by atoms with Gasteiger partial charge in [0.25, 0.3) is 0 Å². The topological polar surface area (TPSA) is 47.1 Å². The Balaban J connectivity index is 2.07. The van der Waals surface area contributed by atoms with Crippen LogP contribution in [-0.4, -0.2) is 39.4 Å². The highest BCUT2D eigenvalue weighted by atomic mass is 15.3. The number of hydrogen-bond acceptors (Lipinski definition) is 3. The van der Waals surface area contributed by atoms with E-state index in [1.165, 1.54) is 44.5 Å². The van der Waals surface area contributed by atoms with Crippen LogP contribution < -0.4 is 5.73 Å². The molecule has 0 saturated carbocycles. The Kier molecular flexibility index (Phi) is 5.44. The maximum absolute atomic E-state index is 6.62. The summed E-state index contributed by atoms with van der Waals surface area (Å²) in [5.41, 5.74) is 9.02. The minimum Gasteiger partial charge on any atom is -0.326 e. The van der Waals surface area contributed by atoms with E-state index in [-0.39, 0.29) is 11.6 Å². The van der Waals surface area contributed by atoms with Crippen LogP contribution in [0.1, 0.15) is 57.8 Å². The second kappa shape index (κ2) is 6.93. The lowest BCUT2D eigenvalue weighted by Gasteiger charge is -2.42. The first kappa shape index (κ1) is 16.5. The van der Waals surface area contributed by atoms with Gasteiger partial charge >= 0.3 is 0 Å². The van der Waals surface area contributed by atoms with Gasteiger partial charge in [-0.15, -0.1) is 0 Å². The molecule has 0 spiro atoms. The van der Waals surface area contributed by atoms with Gasteiger partial charge in [-0.2, -0.15) is 5.10 Å². The van der Waals surface area contributed by atoms with Crippen molar-refractivity contribution in [3.8, 4) is 0 Å². The van der Waals surface area contributed by atoms with Crippen molar-refractivity contribution >= 4 is 0 Å². The molecule has 120 valence electrons. The summed E-state index contributed by atoms with van der Waals surface area (Å²) in [7, 11) is 0. The minimum atomic E-state index is 0.0427. The van der Waals surface area contributed by atoms with E-state index in [2.05, 4.69) is 48.4 Å². The van der Waals surface area contributed by atoms with Crippen LogP contribution in [0.4, 0.5) is 0 Å². The Morgan fingerprint density at radius 2 is 1.86 bits per heavy atom. The fraction of sp³-hybridized carbons (Fsp3) is 0.824. The molecule has 1 fully saturated rings. The summed E-state index contributed by atoms with van der Waals surface area (Å²) in [6.07, 6.45) is 6.25. The SMILES string of the molecule is CCn1nc(C)cc1CC(N)C(C)(C)N1CCCCCC1. The van der Waals surface area contributed by atoms with Gasteiger partial charge in [-0.25, -0.2) is 0 Å². The zero-order valence-corrected chi connectivity index (χ0v) is 14.2. The first-order chi connectivity index (χ1) is 9.95. The lowest BCUT2D eigenvalue weighted by atomic mass is 9.89. The molecule has 0 amide bonds. The van der Waals surface area contributed by atoms with Crippen molar-refractivity contribution in [3.63, 3.8) is 0 Å². The van der Waals surface area contributed by atoms with Gasteiger partial charge in [0.15, 0.2) is 0 Å². The van der Waals surface area contributed by atoms with Crippen LogP contribution in [0.2, 0.25) is 0 Å². The van der Waals surface area contributed by atoms with E-state index in [1.807, 2.05) is 0 Å². The van der Waals surface area contributed by atoms with Gasteiger partial charge in [0.1, 0.15) is 0 Å². The van der Waals surface area contributed by atoms with E-state index < -0.39 is 0 Å². The fourth-order valence-corrected chi connectivity index (χ4v) is 3.39. The van der Waals surface area contributed by atoms with Gasteiger partial charge in [0.2, 0.25) is 0 Å². The van der Waals surface area contributed by atoms with Gasteiger partial charge < -0.3 is 5.73 Å². The Morgan fingerprint density at radius 1 is 1.24 bits per heavy atom. The first-order valence-electron chi connectivity index (χ1n) is 8.49. The van der Waals surface area contributed by atoms with E-state index in [0.29, 0.717) is 0 Å². The lowest BCUT2D eigenvalue weighted by molar-refractivity contribution is 0.0972. The summed E-state index contributed by atoms with van der Waals surface area (Å²) >= 11 is 0. The molecular formula is C17H32N4. The average molecular weight is 292 g/mol. The number of likely N-dealkylation sites (tertiary alicyclic amines) is 1. The van der Waals surface area contributed by atoms with E-state index in [4.69, 9.17) is 5.73 Å². The van der Waals surface area contributed by atoms with Crippen molar-refractivity contribution < 1.29 is 0 Å². The zero-order valence-electron chi connectivity index (χ0n) is 14.2. The van der Waals surface area contributed by atoms with Gasteiger partial charge in [-0.05, 0) is 59.7 Å². The van der Waals surface area contributed by atoms with Crippen LogP contribution >= 0.6 is 0 Å². The predicted molar refractivity (Wildman–Crippen MR) is 88.4 cm³/mol. The molecule has 4 heteroatoms. The smallest absolute Gasteiger partial charge is 0.0596 e. The summed E-state index contributed by atoms with van der Waals surface area (Å²) in [4.78, 5) is 2.60. The van der Waals surface area contributed by atoms with Crippen molar-refractivity contribution in [1.82, 2.24) is 14.7 Å². The molecule has 1 atom stereocenters. The van der Waals surface area contributed by atoms with Gasteiger partial charge in [0.05, 0.1) is 5.69 Å². The largest absolute Gasteiger partial charge is 0.326 e. The molecule has 2 N–H and O–H groups in total. The molecule has 21 heavy (non-hydrogen) atoms. The summed E-state index contributed by atoms with van der Waals surface area (Å²) in [6.45, 7) is 12.1. The molecule has 2 rings (SSSR count). The molecule has 2 heterocycles. The molecule has 0 radical (unpaired) electrons. The molecule has 0 aromatic carbocycles. The quantitative estimate of drug-likeness (QED) is 0.907. The van der Waals surface area contributed by atoms with Crippen LogP contribution in [-0.2, 0) is 13.0 Å². The van der Waals surface area contributed by atoms with Crippen LogP contribution in [0.3, 0.4) is 0 Å². The molecule has 1 aliphatic heterocycles. The highest BCUT2D eigenvalue weighted by Crippen LogP contribution is 2.24. The summed E-state index contributed by atoms with van der Waals surface area (Å²) in [6, 6.07) is 2.32. The van der Waals surface area contributed by atoms with E-state index in [1.54, 1.807) is 0 Å². The highest BCUT2D eigenvalue weighted by molar-refractivity contribution is 5.12. The molecule has 1 aliphatic rings. The standard InChI is InChI=1S/C17H32N4/c1-5-21-15(12-14(2)19-21)13-16(18)17(3,4)20-10-8-6-7-9-11-20/h12,16H,5-11,13,18H2,1-4H3. The second-order valence-corrected chi connectivity index (χ2v) is 6.96. The number of rotatable bonds is 5. The van der Waals surface area contributed by atoms with Crippen molar-refractivity contribution in [3.05, 3.63) is 17.5 Å². The maximum Gasteiger partial charge on any atom is 0.0596 e. The number of nitrogens with zero attached hydrogens (tertiary/aromatic N) is 3. The molecular weight excluding hydrogens is 260 g/mol. The Bertz CT molecular complexity index is 442. The Morgan fingerprint density at radius 3 is 2.43 bits per heavy atom. The number of hydrogen-bond donors (Lipinski definition) is 1. The average Bonchev–Trinajstić information content (AvgIpc) is 2.67. The van der Waals surface area contributed by atoms with E-state index in [0.717, 1.165) is 18.7 Å². The Hall–Kier alpha value is -0.870. The molecule has 1 saturated heterocycles. The normalized spacial score (nSPS) is 19.5. The lowest BCUT2D eigenvalue weighted by Crippen LogP contribution is -2.57. The van der Waals surface area contributed by atoms with Crippen LogP contribution in [0, 0.1) is 6.92 Å². The third kappa shape index (κ3) is 3.86. The number of aryl methyl sites for hydroxylation is 2. The third-order valence-corrected chi connectivity index (χ3v) is 5.04. The molecule has 4 nitrogen and oxygen atoms in total. The van der Waals surface area contributed by atoms with Gasteiger partial charge in [0, 0.05) is 30.2 Å². The first-order valence-corrected chi connectivity index (χ1v) is 8.49. The summed E-state index contributed by atoms with van der Waals surface area (Å²) in [5.74, 6) is 0. The summed E-state index contributed by atoms with van der Waals surface area (Å²) in [5, 5.41) is 4.54. The fourth-order valence-electron chi connectivity index (χ4n) is 3.39. The number of nitrogens with two attached hydrogens (primary N) is 1. The monoisotopic (exact) mass is 292 g/mol. The minimum absolute atomic E-state index is 0.0427. The third-order valence-electron chi connectivity index (χ3n) is 5.04. The van der Waals surface area contributed by atoms with Crippen LogP contribution in [0.5, 0.6) is 0 Å². The molecule has 0 aliphatic carbocycles.